The van der Waals surface area contributed by atoms with Crippen molar-refractivity contribution in [2.75, 3.05) is 36.5 Å². The molecule has 0 saturated carbocycles. The van der Waals surface area contributed by atoms with Crippen LogP contribution >= 0.6 is 11.3 Å². The number of fused-ring (bicyclic) bond motifs is 2. The molecule has 2 N–H and O–H groups in total. The second-order valence-electron chi connectivity index (χ2n) is 8.04. The third-order valence-corrected chi connectivity index (χ3v) is 7.13. The summed E-state index contributed by atoms with van der Waals surface area (Å²) in [5.41, 5.74) is 5.71. The van der Waals surface area contributed by atoms with Crippen molar-refractivity contribution >= 4 is 49.5 Å². The summed E-state index contributed by atoms with van der Waals surface area (Å²) in [6.07, 6.45) is 3.58. The molecule has 4 heterocycles. The molecule has 0 spiro atoms. The first-order chi connectivity index (χ1) is 16.3. The zero-order chi connectivity index (χ0) is 22.2. The van der Waals surface area contributed by atoms with E-state index in [1.165, 1.54) is 5.69 Å². The van der Waals surface area contributed by atoms with Gasteiger partial charge in [-0.25, -0.2) is 4.98 Å². The smallest absolute Gasteiger partial charge is 0.126 e. The molecule has 1 saturated heterocycles. The van der Waals surface area contributed by atoms with Crippen molar-refractivity contribution in [3.8, 4) is 16.5 Å². The predicted molar refractivity (Wildman–Crippen MR) is 134 cm³/mol. The van der Waals surface area contributed by atoms with Crippen LogP contribution < -0.4 is 10.2 Å². The van der Waals surface area contributed by atoms with Crippen LogP contribution in [0.4, 0.5) is 17.1 Å². The number of ether oxygens (including phenoxy) is 1. The maximum absolute atomic E-state index is 9.73. The Morgan fingerprint density at radius 3 is 2.73 bits per heavy atom. The second-order valence-corrected chi connectivity index (χ2v) is 9.07. The van der Waals surface area contributed by atoms with Crippen molar-refractivity contribution in [3.63, 3.8) is 0 Å². The number of pyridine rings is 1. The number of benzene rings is 2. The number of aromatic nitrogens is 2. The van der Waals surface area contributed by atoms with Gasteiger partial charge < -0.3 is 19.9 Å². The summed E-state index contributed by atoms with van der Waals surface area (Å²) in [7, 11) is 0. The number of anilines is 3. The highest BCUT2D eigenvalue weighted by molar-refractivity contribution is 7.21. The maximum Gasteiger partial charge on any atom is 0.126 e. The standard InChI is InChI=1S/C26H21N5OS/c27-15-19-16-29-26-22(25(19)30-20-3-6-23-18(13-20)7-8-28-23)14-24(33-26)17-1-4-21(5-2-17)31-9-11-32-12-10-31/h1-8,13-14,16,28H,9-12H2,(H,29,30). The van der Waals surface area contributed by atoms with Gasteiger partial charge in [-0.1, -0.05) is 12.1 Å². The summed E-state index contributed by atoms with van der Waals surface area (Å²) in [6, 6.07) is 21.3. The molecule has 6 rings (SSSR count). The van der Waals surface area contributed by atoms with Gasteiger partial charge in [-0.2, -0.15) is 5.26 Å². The van der Waals surface area contributed by atoms with E-state index < -0.39 is 0 Å². The summed E-state index contributed by atoms with van der Waals surface area (Å²) in [5.74, 6) is 0. The fraction of sp³-hybridized carbons (Fsp3) is 0.154. The largest absolute Gasteiger partial charge is 0.378 e. The molecule has 7 heteroatoms. The van der Waals surface area contributed by atoms with Gasteiger partial charge in [0.05, 0.1) is 24.5 Å². The molecule has 0 aliphatic carbocycles. The number of morpholine rings is 1. The Kier molecular flexibility index (Phi) is 4.95. The molecule has 5 aromatic rings. The van der Waals surface area contributed by atoms with Crippen molar-refractivity contribution in [3.05, 3.63) is 72.6 Å². The van der Waals surface area contributed by atoms with Gasteiger partial charge in [0.15, 0.2) is 0 Å². The van der Waals surface area contributed by atoms with Crippen LogP contribution in [0.5, 0.6) is 0 Å². The first kappa shape index (κ1) is 19.8. The van der Waals surface area contributed by atoms with Crippen molar-refractivity contribution < 1.29 is 4.74 Å². The number of hydrogen-bond acceptors (Lipinski definition) is 6. The Bertz CT molecular complexity index is 1490. The van der Waals surface area contributed by atoms with Crippen LogP contribution in [0.15, 0.2) is 67.0 Å². The van der Waals surface area contributed by atoms with Crippen molar-refractivity contribution in [1.82, 2.24) is 9.97 Å². The number of nitriles is 1. The highest BCUT2D eigenvalue weighted by Gasteiger charge is 2.15. The number of nitrogens with one attached hydrogen (secondary N) is 2. The minimum atomic E-state index is 0.531. The molecule has 1 aliphatic heterocycles. The minimum absolute atomic E-state index is 0.531. The molecular formula is C26H21N5OS. The molecular weight excluding hydrogens is 430 g/mol. The van der Waals surface area contributed by atoms with Gasteiger partial charge in [-0.05, 0) is 48.0 Å². The first-order valence-corrected chi connectivity index (χ1v) is 11.7. The maximum atomic E-state index is 9.73. The van der Waals surface area contributed by atoms with Gasteiger partial charge in [-0.15, -0.1) is 11.3 Å². The molecule has 33 heavy (non-hydrogen) atoms. The molecule has 0 atom stereocenters. The lowest BCUT2D eigenvalue weighted by Crippen LogP contribution is -2.36. The van der Waals surface area contributed by atoms with E-state index in [9.17, 15) is 5.26 Å². The van der Waals surface area contributed by atoms with Gasteiger partial charge >= 0.3 is 0 Å². The van der Waals surface area contributed by atoms with E-state index in [1.54, 1.807) is 17.5 Å². The molecule has 6 nitrogen and oxygen atoms in total. The van der Waals surface area contributed by atoms with Crippen LogP contribution in [-0.2, 0) is 4.74 Å². The average molecular weight is 452 g/mol. The number of thiophene rings is 1. The number of H-pyrrole nitrogens is 1. The van der Waals surface area contributed by atoms with Gasteiger partial charge in [-0.3, -0.25) is 0 Å². The highest BCUT2D eigenvalue weighted by atomic mass is 32.1. The Morgan fingerprint density at radius 2 is 1.91 bits per heavy atom. The fourth-order valence-electron chi connectivity index (χ4n) is 4.28. The van der Waals surface area contributed by atoms with Gasteiger partial charge in [0.25, 0.3) is 0 Å². The van der Waals surface area contributed by atoms with Crippen LogP contribution in [0.2, 0.25) is 0 Å². The second kappa shape index (κ2) is 8.24. The summed E-state index contributed by atoms with van der Waals surface area (Å²) < 4.78 is 5.46. The van der Waals surface area contributed by atoms with E-state index in [-0.39, 0.29) is 0 Å². The zero-order valence-corrected chi connectivity index (χ0v) is 18.7. The van der Waals surface area contributed by atoms with Crippen molar-refractivity contribution in [2.24, 2.45) is 0 Å². The molecule has 0 bridgehead atoms. The number of hydrogen-bond donors (Lipinski definition) is 2. The normalized spacial score (nSPS) is 14.0. The molecule has 3 aromatic heterocycles. The van der Waals surface area contributed by atoms with E-state index in [0.29, 0.717) is 5.56 Å². The quantitative estimate of drug-likeness (QED) is 0.356. The summed E-state index contributed by atoms with van der Waals surface area (Å²) in [5, 5.41) is 15.3. The molecule has 162 valence electrons. The lowest BCUT2D eigenvalue weighted by atomic mass is 10.1. The van der Waals surface area contributed by atoms with Crippen LogP contribution in [-0.4, -0.2) is 36.3 Å². The zero-order valence-electron chi connectivity index (χ0n) is 17.8. The third kappa shape index (κ3) is 3.69. The third-order valence-electron chi connectivity index (χ3n) is 6.03. The Balaban J connectivity index is 1.36. The van der Waals surface area contributed by atoms with Gasteiger partial charge in [0.1, 0.15) is 10.9 Å². The van der Waals surface area contributed by atoms with Crippen LogP contribution in [0.3, 0.4) is 0 Å². The number of aromatic amines is 1. The lowest BCUT2D eigenvalue weighted by Gasteiger charge is -2.28. The monoisotopic (exact) mass is 451 g/mol. The first-order valence-electron chi connectivity index (χ1n) is 10.9. The average Bonchev–Trinajstić information content (AvgIpc) is 3.52. The van der Waals surface area contributed by atoms with E-state index in [4.69, 9.17) is 4.74 Å². The predicted octanol–water partition coefficient (Wildman–Crippen LogP) is 5.90. The lowest BCUT2D eigenvalue weighted by molar-refractivity contribution is 0.122. The van der Waals surface area contributed by atoms with Gasteiger partial charge in [0.2, 0.25) is 0 Å². The highest BCUT2D eigenvalue weighted by Crippen LogP contribution is 2.39. The molecule has 1 aliphatic rings. The SMILES string of the molecule is N#Cc1cnc2sc(-c3ccc(N4CCOCC4)cc3)cc2c1Nc1ccc2[nH]ccc2c1. The summed E-state index contributed by atoms with van der Waals surface area (Å²) >= 11 is 1.64. The van der Waals surface area contributed by atoms with Crippen LogP contribution in [0.1, 0.15) is 5.56 Å². The van der Waals surface area contributed by atoms with Crippen LogP contribution in [0.25, 0.3) is 31.6 Å². The van der Waals surface area contributed by atoms with Crippen molar-refractivity contribution in [2.45, 2.75) is 0 Å². The Labute approximate surface area is 195 Å². The minimum Gasteiger partial charge on any atom is -0.378 e. The molecule has 2 aromatic carbocycles. The van der Waals surface area contributed by atoms with Gasteiger partial charge in [0, 0.05) is 58.0 Å². The van der Waals surface area contributed by atoms with Crippen molar-refractivity contribution in [1.29, 1.82) is 5.26 Å². The van der Waals surface area contributed by atoms with E-state index in [1.807, 2.05) is 24.4 Å². The fourth-order valence-corrected chi connectivity index (χ4v) is 5.30. The Hall–Kier alpha value is -3.86. The van der Waals surface area contributed by atoms with Crippen LogP contribution in [0, 0.1) is 11.3 Å². The number of nitrogens with zero attached hydrogens (tertiary/aromatic N) is 3. The van der Waals surface area contributed by atoms with E-state index in [2.05, 4.69) is 62.7 Å². The Morgan fingerprint density at radius 1 is 1.06 bits per heavy atom. The van der Waals surface area contributed by atoms with E-state index in [0.717, 1.165) is 69.2 Å². The molecule has 0 amide bonds. The molecule has 0 unspecified atom stereocenters. The number of rotatable bonds is 4. The molecule has 0 radical (unpaired) electrons. The summed E-state index contributed by atoms with van der Waals surface area (Å²) in [4.78, 5) is 12.2. The summed E-state index contributed by atoms with van der Waals surface area (Å²) in [6.45, 7) is 3.40. The topological polar surface area (TPSA) is 77.0 Å². The van der Waals surface area contributed by atoms with E-state index >= 15 is 0 Å². The molecule has 1 fully saturated rings.